The maximum Gasteiger partial charge on any atom is 0.286 e. The number of benzene rings is 2. The van der Waals surface area contributed by atoms with Gasteiger partial charge in [0.2, 0.25) is 0 Å². The van der Waals surface area contributed by atoms with Gasteiger partial charge in [0, 0.05) is 18.2 Å². The zero-order valence-electron chi connectivity index (χ0n) is 19.5. The number of amides is 3. The lowest BCUT2D eigenvalue weighted by atomic mass is 9.65. The molecule has 0 N–H and O–H groups in total. The van der Waals surface area contributed by atoms with Gasteiger partial charge in [-0.1, -0.05) is 32.9 Å². The molecule has 7 nitrogen and oxygen atoms in total. The number of nitrogens with zero attached hydrogens (tertiary/aromatic N) is 4. The van der Waals surface area contributed by atoms with Crippen LogP contribution in [0.3, 0.4) is 0 Å². The van der Waals surface area contributed by atoms with E-state index in [1.54, 1.807) is 36.4 Å². The van der Waals surface area contributed by atoms with Gasteiger partial charge >= 0.3 is 0 Å². The molecule has 1 saturated carbocycles. The van der Waals surface area contributed by atoms with Crippen LogP contribution in [0.2, 0.25) is 0 Å². The molecule has 3 aromatic rings. The summed E-state index contributed by atoms with van der Waals surface area (Å²) in [6.45, 7) is 7.62. The predicted molar refractivity (Wildman–Crippen MR) is 128 cm³/mol. The van der Waals surface area contributed by atoms with E-state index < -0.39 is 11.8 Å². The van der Waals surface area contributed by atoms with E-state index in [1.165, 1.54) is 0 Å². The molecular formula is C27H26N4O3. The summed E-state index contributed by atoms with van der Waals surface area (Å²) >= 11 is 0. The second kappa shape index (κ2) is 6.95. The Morgan fingerprint density at radius 2 is 1.47 bits per heavy atom. The minimum absolute atomic E-state index is 0.00918. The lowest BCUT2D eigenvalue weighted by molar-refractivity contribution is 0.0708. The molecule has 2 bridgehead atoms. The molecule has 1 aliphatic carbocycles. The highest BCUT2D eigenvalue weighted by Gasteiger charge is 2.51. The van der Waals surface area contributed by atoms with Crippen LogP contribution in [0.4, 0.5) is 5.69 Å². The quantitative estimate of drug-likeness (QED) is 0.534. The van der Waals surface area contributed by atoms with E-state index in [0.717, 1.165) is 30.7 Å². The second-order valence-electron chi connectivity index (χ2n) is 11.0. The van der Waals surface area contributed by atoms with Gasteiger partial charge in [-0.05, 0) is 66.5 Å². The lowest BCUT2D eigenvalue weighted by Gasteiger charge is -2.39. The standard InChI is InChI=1S/C27H26N4O3/c1-26(2)12-18-13-27(3,14-26)15-30(18)23(32)16-8-10-17(11-9-16)31-24(33)21-22(25(31)34)29-20-7-5-4-6-19(20)28-21/h4-11,18H,12-15H2,1-3H3/t18-,27+/m0/s1. The summed E-state index contributed by atoms with van der Waals surface area (Å²) in [4.78, 5) is 51.3. The summed E-state index contributed by atoms with van der Waals surface area (Å²) in [6, 6.07) is 14.1. The number of hydrogen-bond donors (Lipinski definition) is 0. The number of aromatic nitrogens is 2. The molecule has 3 amide bonds. The first-order valence-electron chi connectivity index (χ1n) is 11.7. The van der Waals surface area contributed by atoms with Crippen LogP contribution in [-0.2, 0) is 0 Å². The Hall–Kier alpha value is -3.61. The summed E-state index contributed by atoms with van der Waals surface area (Å²) in [7, 11) is 0. The highest BCUT2D eigenvalue weighted by molar-refractivity contribution is 6.33. The van der Waals surface area contributed by atoms with Crippen LogP contribution in [0.5, 0.6) is 0 Å². The van der Waals surface area contributed by atoms with Crippen molar-refractivity contribution >= 4 is 34.4 Å². The Morgan fingerprint density at radius 3 is 2.06 bits per heavy atom. The van der Waals surface area contributed by atoms with Crippen molar-refractivity contribution in [1.29, 1.82) is 0 Å². The highest BCUT2D eigenvalue weighted by atomic mass is 16.2. The van der Waals surface area contributed by atoms with Crippen LogP contribution in [0.1, 0.15) is 71.4 Å². The Morgan fingerprint density at radius 1 is 0.882 bits per heavy atom. The van der Waals surface area contributed by atoms with Crippen molar-refractivity contribution in [3.05, 3.63) is 65.5 Å². The normalized spacial score (nSPS) is 25.2. The third kappa shape index (κ3) is 3.14. The van der Waals surface area contributed by atoms with Crippen LogP contribution in [0.25, 0.3) is 11.0 Å². The average molecular weight is 455 g/mol. The fourth-order valence-electron chi connectivity index (χ4n) is 6.45. The zero-order chi connectivity index (χ0) is 23.8. The molecule has 3 heterocycles. The maximum atomic E-state index is 13.4. The summed E-state index contributed by atoms with van der Waals surface area (Å²) in [5.41, 5.74) is 2.62. The van der Waals surface area contributed by atoms with Gasteiger partial charge in [-0.15, -0.1) is 0 Å². The van der Waals surface area contributed by atoms with Crippen molar-refractivity contribution in [2.45, 2.75) is 46.1 Å². The molecule has 2 aliphatic heterocycles. The van der Waals surface area contributed by atoms with Gasteiger partial charge in [-0.2, -0.15) is 0 Å². The largest absolute Gasteiger partial charge is 0.335 e. The molecule has 0 unspecified atom stereocenters. The van der Waals surface area contributed by atoms with Crippen molar-refractivity contribution in [3.8, 4) is 0 Å². The summed E-state index contributed by atoms with van der Waals surface area (Å²) in [5, 5.41) is 0. The fourth-order valence-corrected chi connectivity index (χ4v) is 6.45. The highest BCUT2D eigenvalue weighted by Crippen LogP contribution is 2.52. The Balaban J connectivity index is 1.27. The van der Waals surface area contributed by atoms with Gasteiger partial charge in [-0.3, -0.25) is 14.4 Å². The first-order valence-corrected chi connectivity index (χ1v) is 11.7. The van der Waals surface area contributed by atoms with Crippen LogP contribution in [-0.4, -0.2) is 45.2 Å². The number of carbonyl (C=O) groups is 3. The van der Waals surface area contributed by atoms with E-state index >= 15 is 0 Å². The first-order chi connectivity index (χ1) is 16.1. The van der Waals surface area contributed by atoms with Gasteiger partial charge in [-0.25, -0.2) is 14.9 Å². The van der Waals surface area contributed by atoms with E-state index in [4.69, 9.17) is 0 Å². The number of hydrogen-bond acceptors (Lipinski definition) is 5. The summed E-state index contributed by atoms with van der Waals surface area (Å²) in [6.07, 6.45) is 3.18. The maximum absolute atomic E-state index is 13.4. The van der Waals surface area contributed by atoms with Gasteiger partial charge in [0.15, 0.2) is 11.4 Å². The Kier molecular flexibility index (Phi) is 4.28. The average Bonchev–Trinajstić information content (AvgIpc) is 3.19. The van der Waals surface area contributed by atoms with E-state index in [2.05, 4.69) is 30.7 Å². The Labute approximate surface area is 197 Å². The van der Waals surface area contributed by atoms with Crippen molar-refractivity contribution in [2.24, 2.45) is 10.8 Å². The molecule has 0 radical (unpaired) electrons. The van der Waals surface area contributed by atoms with Crippen LogP contribution in [0.15, 0.2) is 48.5 Å². The molecule has 1 aromatic heterocycles. The number of imide groups is 1. The summed E-state index contributed by atoms with van der Waals surface area (Å²) in [5.74, 6) is -0.989. The van der Waals surface area contributed by atoms with E-state index in [-0.39, 0.29) is 34.2 Å². The molecule has 3 aliphatic rings. The molecule has 2 fully saturated rings. The second-order valence-corrected chi connectivity index (χ2v) is 11.0. The molecule has 6 rings (SSSR count). The van der Waals surface area contributed by atoms with Gasteiger partial charge < -0.3 is 4.90 Å². The van der Waals surface area contributed by atoms with Crippen molar-refractivity contribution < 1.29 is 14.4 Å². The third-order valence-electron chi connectivity index (χ3n) is 7.43. The minimum atomic E-state index is -0.499. The molecule has 34 heavy (non-hydrogen) atoms. The predicted octanol–water partition coefficient (Wildman–Crippen LogP) is 4.47. The van der Waals surface area contributed by atoms with E-state index in [0.29, 0.717) is 22.3 Å². The SMILES string of the molecule is CC1(C)C[C@H]2C[C@@](C)(CN2C(=O)c2ccc(N3C(=O)c4nc5ccccc5nc4C3=O)cc2)C1. The molecule has 172 valence electrons. The lowest BCUT2D eigenvalue weighted by Crippen LogP contribution is -2.37. The van der Waals surface area contributed by atoms with Gasteiger partial charge in [0.25, 0.3) is 17.7 Å². The first kappa shape index (κ1) is 21.0. The summed E-state index contributed by atoms with van der Waals surface area (Å²) < 4.78 is 0. The number of carbonyl (C=O) groups excluding carboxylic acids is 3. The molecule has 0 spiro atoms. The van der Waals surface area contributed by atoms with E-state index in [9.17, 15) is 14.4 Å². The molecule has 7 heteroatoms. The van der Waals surface area contributed by atoms with Gasteiger partial charge in [0.1, 0.15) is 0 Å². The number of para-hydroxylation sites is 2. The number of likely N-dealkylation sites (tertiary alicyclic amines) is 1. The van der Waals surface area contributed by atoms with Crippen molar-refractivity contribution in [1.82, 2.24) is 14.9 Å². The molecule has 2 aromatic carbocycles. The number of anilines is 1. The molecular weight excluding hydrogens is 428 g/mol. The number of rotatable bonds is 2. The van der Waals surface area contributed by atoms with Gasteiger partial charge in [0.05, 0.1) is 16.7 Å². The van der Waals surface area contributed by atoms with Crippen molar-refractivity contribution in [2.75, 3.05) is 11.4 Å². The third-order valence-corrected chi connectivity index (χ3v) is 7.43. The van der Waals surface area contributed by atoms with Crippen molar-refractivity contribution in [3.63, 3.8) is 0 Å². The Bertz CT molecular complexity index is 1330. The monoisotopic (exact) mass is 454 g/mol. The van der Waals surface area contributed by atoms with E-state index in [1.807, 2.05) is 17.0 Å². The van der Waals surface area contributed by atoms with Crippen LogP contribution in [0, 0.1) is 10.8 Å². The molecule has 2 atom stereocenters. The minimum Gasteiger partial charge on any atom is -0.335 e. The zero-order valence-corrected chi connectivity index (χ0v) is 19.5. The molecule has 1 saturated heterocycles. The van der Waals surface area contributed by atoms with Crippen LogP contribution >= 0.6 is 0 Å². The topological polar surface area (TPSA) is 83.5 Å². The van der Waals surface area contributed by atoms with Crippen LogP contribution < -0.4 is 4.90 Å². The fraction of sp³-hybridized carbons (Fsp3) is 0.370. The smallest absolute Gasteiger partial charge is 0.286 e. The number of fused-ring (bicyclic) bond motifs is 4.